The van der Waals surface area contributed by atoms with Crippen LogP contribution in [-0.4, -0.2) is 3.21 Å². The summed E-state index contributed by atoms with van der Waals surface area (Å²) in [7, 11) is 0. The van der Waals surface area contributed by atoms with Crippen LogP contribution in [0.1, 0.15) is 74.9 Å². The van der Waals surface area contributed by atoms with Crippen LogP contribution >= 0.6 is 0 Å². The molecule has 0 atom stereocenters. The average Bonchev–Trinajstić information content (AvgIpc) is 3.44. The summed E-state index contributed by atoms with van der Waals surface area (Å²) in [5.74, 6) is 0. The molecule has 0 saturated carbocycles. The van der Waals surface area contributed by atoms with Crippen molar-refractivity contribution >= 4 is 3.21 Å². The normalized spacial score (nSPS) is 10.5. The molecule has 0 N–H and O–H groups in total. The second kappa shape index (κ2) is 15.7. The third-order valence-electron chi connectivity index (χ3n) is 5.67. The van der Waals surface area contributed by atoms with Crippen molar-refractivity contribution in [1.29, 1.82) is 0 Å². The Morgan fingerprint density at radius 2 is 0.889 bits per heavy atom. The molecule has 3 heteroatoms. The molecule has 4 aromatic carbocycles. The van der Waals surface area contributed by atoms with E-state index in [1.165, 1.54) is 60.8 Å². The van der Waals surface area contributed by atoms with Crippen LogP contribution < -0.4 is 24.8 Å². The first-order valence-electron chi connectivity index (χ1n) is 12.0. The molecule has 192 valence electrons. The first kappa shape index (κ1) is 34.5. The van der Waals surface area contributed by atoms with Crippen LogP contribution in [0.4, 0.5) is 0 Å². The summed E-state index contributed by atoms with van der Waals surface area (Å²) in [4.78, 5) is 0. The first-order chi connectivity index (χ1) is 15.9. The molecule has 0 aliphatic heterocycles. The molecule has 0 saturated heterocycles. The third kappa shape index (κ3) is 11.7. The van der Waals surface area contributed by atoms with Crippen LogP contribution in [0.2, 0.25) is 0 Å². The van der Waals surface area contributed by atoms with Gasteiger partial charge in [-0.2, -0.15) is 46.5 Å². The standard InChI is InChI=1S/C13H10.2C10H15.2ClH.Zr/c1-3-7-12(8-4-1)11-13-9-5-2-6-10-13;2*1-8-5-6-9(7-8)10(2,3)4;;;/h1-10H;2*5-7H,1-4H3;2*1H;/q;2*-1;;;+2/p-2. The minimum atomic E-state index is 0. The van der Waals surface area contributed by atoms with Crippen LogP contribution in [0.15, 0.2) is 97.1 Å². The van der Waals surface area contributed by atoms with E-state index in [2.05, 4.69) is 152 Å². The first-order valence-corrected chi connectivity index (χ1v) is 13.3. The van der Waals surface area contributed by atoms with E-state index >= 15 is 0 Å². The Bertz CT molecular complexity index is 1050. The monoisotopic (exact) mass is 596 g/mol. The number of aryl methyl sites for hydroxylation is 2. The number of hydrogen-bond donors (Lipinski definition) is 0. The SMILES string of the molecule is Cc1cc(C(C)(C)C)c[cH-]1.Cc1cc(C(C)(C)C)c[cH-]1.[Cl-].[Cl-].[Zr+2]=[C](c1ccccc1)c1ccccc1. The summed E-state index contributed by atoms with van der Waals surface area (Å²) in [6.45, 7) is 17.7. The van der Waals surface area contributed by atoms with Crippen molar-refractivity contribution in [1.82, 2.24) is 0 Å². The molecule has 0 fully saturated rings. The summed E-state index contributed by atoms with van der Waals surface area (Å²) < 4.78 is 1.42. The fourth-order valence-electron chi connectivity index (χ4n) is 3.43. The molecule has 4 aromatic rings. The fourth-order valence-corrected chi connectivity index (χ4v) is 4.25. The van der Waals surface area contributed by atoms with Gasteiger partial charge in [-0.25, -0.2) is 12.1 Å². The van der Waals surface area contributed by atoms with Crippen LogP contribution in [0, 0.1) is 13.8 Å². The Hall–Kier alpha value is -1.53. The maximum absolute atomic E-state index is 2.25. The Balaban J connectivity index is 0.000000508. The molecule has 4 rings (SSSR count). The zero-order valence-corrected chi connectivity index (χ0v) is 27.0. The van der Waals surface area contributed by atoms with Crippen molar-refractivity contribution in [3.8, 4) is 0 Å². The summed E-state index contributed by atoms with van der Waals surface area (Å²) >= 11 is 1.46. The fraction of sp³-hybridized carbons (Fsp3) is 0.303. The quantitative estimate of drug-likeness (QED) is 0.312. The summed E-state index contributed by atoms with van der Waals surface area (Å²) in [5, 5.41) is 0. The molecule has 0 spiro atoms. The van der Waals surface area contributed by atoms with Crippen LogP contribution in [0.3, 0.4) is 0 Å². The van der Waals surface area contributed by atoms with E-state index in [0.29, 0.717) is 10.8 Å². The second-order valence-corrected chi connectivity index (χ2v) is 12.2. The van der Waals surface area contributed by atoms with Gasteiger partial charge in [0.25, 0.3) is 0 Å². The Kier molecular flexibility index (Phi) is 15.0. The van der Waals surface area contributed by atoms with E-state index in [4.69, 9.17) is 0 Å². The van der Waals surface area contributed by atoms with Gasteiger partial charge in [-0.15, -0.1) is 0 Å². The molecule has 0 amide bonds. The predicted molar refractivity (Wildman–Crippen MR) is 147 cm³/mol. The van der Waals surface area contributed by atoms with E-state index in [9.17, 15) is 0 Å². The van der Waals surface area contributed by atoms with Gasteiger partial charge in [0.1, 0.15) is 0 Å². The van der Waals surface area contributed by atoms with Gasteiger partial charge in [-0.3, -0.25) is 0 Å². The molecule has 0 aliphatic carbocycles. The molecular weight excluding hydrogens is 558 g/mol. The van der Waals surface area contributed by atoms with E-state index in [0.717, 1.165) is 0 Å². The van der Waals surface area contributed by atoms with Gasteiger partial charge in [0.2, 0.25) is 0 Å². The maximum atomic E-state index is 2.25. The number of hydrogen-bond acceptors (Lipinski definition) is 0. The van der Waals surface area contributed by atoms with Crippen LogP contribution in [0.5, 0.6) is 0 Å². The molecule has 0 nitrogen and oxygen atoms in total. The Labute approximate surface area is 247 Å². The summed E-state index contributed by atoms with van der Waals surface area (Å²) in [6, 6.07) is 34.3. The van der Waals surface area contributed by atoms with E-state index in [1.54, 1.807) is 0 Å². The molecule has 0 heterocycles. The summed E-state index contributed by atoms with van der Waals surface area (Å²) in [5.41, 5.74) is 8.89. The molecule has 0 bridgehead atoms. The molecule has 0 aromatic heterocycles. The van der Waals surface area contributed by atoms with Crippen molar-refractivity contribution in [2.24, 2.45) is 0 Å². The molecule has 0 radical (unpaired) electrons. The number of rotatable bonds is 2. The Morgan fingerprint density at radius 3 is 1.08 bits per heavy atom. The van der Waals surface area contributed by atoms with Gasteiger partial charge < -0.3 is 24.8 Å². The van der Waals surface area contributed by atoms with Gasteiger partial charge in [0, 0.05) is 0 Å². The zero-order valence-electron chi connectivity index (χ0n) is 23.0. The predicted octanol–water partition coefficient (Wildman–Crippen LogP) is 2.83. The van der Waals surface area contributed by atoms with Crippen molar-refractivity contribution in [2.75, 3.05) is 0 Å². The van der Waals surface area contributed by atoms with E-state index < -0.39 is 0 Å². The van der Waals surface area contributed by atoms with E-state index in [-0.39, 0.29) is 24.8 Å². The second-order valence-electron chi connectivity index (χ2n) is 11.0. The minimum absolute atomic E-state index is 0. The van der Waals surface area contributed by atoms with Crippen molar-refractivity contribution < 1.29 is 49.0 Å². The van der Waals surface area contributed by atoms with Crippen LogP contribution in [-0.2, 0) is 35.1 Å². The van der Waals surface area contributed by atoms with Gasteiger partial charge in [-0.1, -0.05) is 66.2 Å². The number of benzene rings is 2. The van der Waals surface area contributed by atoms with Crippen molar-refractivity contribution in [3.05, 3.63) is 130 Å². The molecular formula is C33H40Cl2Zr-2. The molecule has 36 heavy (non-hydrogen) atoms. The van der Waals surface area contributed by atoms with Gasteiger partial charge in [0.05, 0.1) is 0 Å². The molecule has 0 aliphatic rings. The third-order valence-corrected chi connectivity index (χ3v) is 7.09. The van der Waals surface area contributed by atoms with Gasteiger partial charge in [0.15, 0.2) is 0 Å². The summed E-state index contributed by atoms with van der Waals surface area (Å²) in [6.07, 6.45) is 0. The number of halogens is 2. The molecule has 0 unspecified atom stereocenters. The topological polar surface area (TPSA) is 0 Å². The zero-order chi connectivity index (χ0) is 25.4. The van der Waals surface area contributed by atoms with Gasteiger partial charge in [-0.05, 0) is 0 Å². The van der Waals surface area contributed by atoms with Crippen LogP contribution in [0.25, 0.3) is 0 Å². The Morgan fingerprint density at radius 1 is 0.583 bits per heavy atom. The van der Waals surface area contributed by atoms with E-state index in [1.807, 2.05) is 0 Å². The van der Waals surface area contributed by atoms with Gasteiger partial charge >= 0.3 is 99.2 Å². The average molecular weight is 599 g/mol. The van der Waals surface area contributed by atoms with Crippen molar-refractivity contribution in [3.63, 3.8) is 0 Å². The van der Waals surface area contributed by atoms with Crippen molar-refractivity contribution in [2.45, 2.75) is 66.2 Å².